The molecule has 0 radical (unpaired) electrons. The lowest BCUT2D eigenvalue weighted by Gasteiger charge is -2.08. The fraction of sp³-hybridized carbons (Fsp3) is 0.278. The number of ether oxygens (including phenoxy) is 2. The molecule has 0 fully saturated rings. The minimum absolute atomic E-state index is 0.703. The first-order chi connectivity index (χ1) is 13.1. The van der Waals surface area contributed by atoms with E-state index in [0.29, 0.717) is 11.5 Å². The predicted molar refractivity (Wildman–Crippen MR) is 116 cm³/mol. The maximum Gasteiger partial charge on any atom is 0.175 e. The molecule has 0 aliphatic carbocycles. The summed E-state index contributed by atoms with van der Waals surface area (Å²) >= 11 is 6.57. The Morgan fingerprint density at radius 1 is 1.11 bits per heavy atom. The number of nitrogens with zero attached hydrogens (tertiary/aromatic N) is 3. The summed E-state index contributed by atoms with van der Waals surface area (Å²) in [6.45, 7) is 5.93. The van der Waals surface area contributed by atoms with E-state index in [4.69, 9.17) is 14.5 Å². The molecule has 0 spiro atoms. The highest BCUT2D eigenvalue weighted by Gasteiger charge is 2.11. The van der Waals surface area contributed by atoms with Crippen molar-refractivity contribution < 1.29 is 9.47 Å². The van der Waals surface area contributed by atoms with Gasteiger partial charge in [-0.1, -0.05) is 47.0 Å². The van der Waals surface area contributed by atoms with Crippen molar-refractivity contribution in [2.75, 3.05) is 20.0 Å². The first kappa shape index (κ1) is 20.2. The van der Waals surface area contributed by atoms with E-state index in [1.54, 1.807) is 60.4 Å². The average Bonchev–Trinajstić information content (AvgIpc) is 3.33. The van der Waals surface area contributed by atoms with Crippen molar-refractivity contribution in [2.45, 2.75) is 21.4 Å². The molecule has 2 aromatic heterocycles. The zero-order valence-corrected chi connectivity index (χ0v) is 18.5. The number of rotatable bonds is 9. The van der Waals surface area contributed by atoms with Crippen LogP contribution in [0.2, 0.25) is 0 Å². The lowest BCUT2D eigenvalue weighted by atomic mass is 10.2. The van der Waals surface area contributed by atoms with Crippen LogP contribution in [-0.2, 0) is 5.75 Å². The van der Waals surface area contributed by atoms with Crippen LogP contribution < -0.4 is 9.47 Å². The van der Waals surface area contributed by atoms with E-state index in [0.717, 1.165) is 42.0 Å². The van der Waals surface area contributed by atoms with Gasteiger partial charge in [-0.3, -0.25) is 0 Å². The maximum atomic E-state index is 5.37. The topological polar surface area (TPSA) is 57.1 Å². The summed E-state index contributed by atoms with van der Waals surface area (Å²) in [5.74, 6) is 3.06. The van der Waals surface area contributed by atoms with Gasteiger partial charge in [0.05, 0.1) is 19.9 Å². The van der Waals surface area contributed by atoms with Crippen LogP contribution in [0.4, 0.5) is 0 Å². The maximum absolute atomic E-state index is 5.37. The second kappa shape index (κ2) is 9.59. The Bertz CT molecular complexity index is 923. The molecule has 0 saturated carbocycles. The third kappa shape index (κ3) is 5.47. The molecule has 1 aromatic carbocycles. The molecule has 0 aliphatic rings. The lowest BCUT2D eigenvalue weighted by Crippen LogP contribution is -1.90. The second-order valence-corrected chi connectivity index (χ2v) is 9.86. The molecule has 0 atom stereocenters. The SMILES string of the molecule is C=C(C)CSc1nnc(SCc2csc(-c3ccc(OC)c(OC)c3)n2)s1. The van der Waals surface area contributed by atoms with Crippen LogP contribution in [0.1, 0.15) is 12.6 Å². The van der Waals surface area contributed by atoms with Gasteiger partial charge in [-0.05, 0) is 25.1 Å². The second-order valence-electron chi connectivity index (χ2n) is 5.58. The molecule has 0 bridgehead atoms. The van der Waals surface area contributed by atoms with Gasteiger partial charge >= 0.3 is 0 Å². The number of hydrogen-bond acceptors (Lipinski definition) is 9. The average molecular weight is 438 g/mol. The highest BCUT2D eigenvalue weighted by molar-refractivity contribution is 8.03. The lowest BCUT2D eigenvalue weighted by molar-refractivity contribution is 0.355. The van der Waals surface area contributed by atoms with Gasteiger partial charge in [-0.15, -0.1) is 21.5 Å². The van der Waals surface area contributed by atoms with Crippen molar-refractivity contribution in [2.24, 2.45) is 0 Å². The molecule has 142 valence electrons. The van der Waals surface area contributed by atoms with Crippen molar-refractivity contribution in [3.05, 3.63) is 41.4 Å². The zero-order chi connectivity index (χ0) is 19.2. The van der Waals surface area contributed by atoms with E-state index in [2.05, 4.69) is 22.2 Å². The van der Waals surface area contributed by atoms with E-state index in [1.807, 2.05) is 25.1 Å². The van der Waals surface area contributed by atoms with Gasteiger partial charge < -0.3 is 9.47 Å². The van der Waals surface area contributed by atoms with Gasteiger partial charge in [-0.2, -0.15) is 0 Å². The van der Waals surface area contributed by atoms with Crippen LogP contribution in [0.25, 0.3) is 10.6 Å². The van der Waals surface area contributed by atoms with Crippen LogP contribution >= 0.6 is 46.2 Å². The molecular formula is C18H19N3O2S4. The van der Waals surface area contributed by atoms with Gasteiger partial charge in [-0.25, -0.2) is 4.98 Å². The summed E-state index contributed by atoms with van der Waals surface area (Å²) in [5.41, 5.74) is 3.18. The molecule has 0 aliphatic heterocycles. The minimum atomic E-state index is 0.703. The highest BCUT2D eigenvalue weighted by Crippen LogP contribution is 2.35. The number of hydrogen-bond donors (Lipinski definition) is 0. The molecule has 0 N–H and O–H groups in total. The normalized spacial score (nSPS) is 10.8. The molecule has 2 heterocycles. The summed E-state index contributed by atoms with van der Waals surface area (Å²) in [6, 6.07) is 5.84. The van der Waals surface area contributed by atoms with E-state index in [9.17, 15) is 0 Å². The Kier molecular flexibility index (Phi) is 7.17. The van der Waals surface area contributed by atoms with Gasteiger partial charge in [0, 0.05) is 22.4 Å². The molecule has 9 heteroatoms. The third-order valence-electron chi connectivity index (χ3n) is 3.36. The van der Waals surface area contributed by atoms with Crippen LogP contribution in [-0.4, -0.2) is 35.2 Å². The number of methoxy groups -OCH3 is 2. The van der Waals surface area contributed by atoms with Crippen LogP contribution in [0.15, 0.2) is 44.4 Å². The Labute approximate surface area is 175 Å². The number of thiazole rings is 1. The summed E-state index contributed by atoms with van der Waals surface area (Å²) in [6.07, 6.45) is 0. The Balaban J connectivity index is 1.62. The van der Waals surface area contributed by atoms with Crippen LogP contribution in [0.5, 0.6) is 11.5 Å². The molecule has 0 unspecified atom stereocenters. The zero-order valence-electron chi connectivity index (χ0n) is 15.2. The van der Waals surface area contributed by atoms with E-state index < -0.39 is 0 Å². The standard InChI is InChI=1S/C18H19N3O2S4/c1-11(2)8-25-17-20-21-18(27-17)26-10-13-9-24-16(19-13)12-5-6-14(22-3)15(7-12)23-4/h5-7,9H,1,8,10H2,2-4H3. The molecular weight excluding hydrogens is 418 g/mol. The van der Waals surface area contributed by atoms with Crippen LogP contribution in [0.3, 0.4) is 0 Å². The minimum Gasteiger partial charge on any atom is -0.493 e. The van der Waals surface area contributed by atoms with Gasteiger partial charge in [0.25, 0.3) is 0 Å². The fourth-order valence-electron chi connectivity index (χ4n) is 2.11. The first-order valence-corrected chi connectivity index (χ1v) is 11.7. The number of aromatic nitrogens is 3. The van der Waals surface area contributed by atoms with E-state index in [-0.39, 0.29) is 0 Å². The molecule has 3 rings (SSSR count). The number of benzene rings is 1. The van der Waals surface area contributed by atoms with Crippen molar-refractivity contribution >= 4 is 46.2 Å². The van der Waals surface area contributed by atoms with Crippen LogP contribution in [0, 0.1) is 0 Å². The largest absolute Gasteiger partial charge is 0.493 e. The molecule has 0 amide bonds. The molecule has 3 aromatic rings. The van der Waals surface area contributed by atoms with E-state index >= 15 is 0 Å². The van der Waals surface area contributed by atoms with E-state index in [1.165, 1.54) is 0 Å². The smallest absolute Gasteiger partial charge is 0.175 e. The van der Waals surface area contributed by atoms with Gasteiger partial charge in [0.1, 0.15) is 5.01 Å². The third-order valence-corrected chi connectivity index (χ3v) is 7.75. The molecule has 5 nitrogen and oxygen atoms in total. The number of thioether (sulfide) groups is 2. The fourth-order valence-corrected chi connectivity index (χ4v) is 5.79. The quantitative estimate of drug-likeness (QED) is 0.317. The Morgan fingerprint density at radius 2 is 1.85 bits per heavy atom. The molecule has 27 heavy (non-hydrogen) atoms. The van der Waals surface area contributed by atoms with Crippen molar-refractivity contribution in [1.29, 1.82) is 0 Å². The summed E-state index contributed by atoms with van der Waals surface area (Å²) in [4.78, 5) is 4.73. The summed E-state index contributed by atoms with van der Waals surface area (Å²) in [5, 5.41) is 11.5. The predicted octanol–water partition coefficient (Wildman–Crippen LogP) is 5.64. The Hall–Kier alpha value is -1.55. The van der Waals surface area contributed by atoms with Gasteiger partial charge in [0.2, 0.25) is 0 Å². The first-order valence-electron chi connectivity index (χ1n) is 7.99. The van der Waals surface area contributed by atoms with Crippen molar-refractivity contribution in [3.63, 3.8) is 0 Å². The summed E-state index contributed by atoms with van der Waals surface area (Å²) < 4.78 is 12.6. The Morgan fingerprint density at radius 3 is 2.56 bits per heavy atom. The monoisotopic (exact) mass is 437 g/mol. The molecule has 0 saturated heterocycles. The van der Waals surface area contributed by atoms with Crippen molar-refractivity contribution in [1.82, 2.24) is 15.2 Å². The summed E-state index contributed by atoms with van der Waals surface area (Å²) in [7, 11) is 3.27. The van der Waals surface area contributed by atoms with Crippen molar-refractivity contribution in [3.8, 4) is 22.1 Å². The van der Waals surface area contributed by atoms with Gasteiger partial charge in [0.15, 0.2) is 20.2 Å². The highest BCUT2D eigenvalue weighted by atomic mass is 32.2.